The van der Waals surface area contributed by atoms with E-state index in [-0.39, 0.29) is 27.1 Å². The van der Waals surface area contributed by atoms with E-state index >= 15 is 0 Å². The fourth-order valence-corrected chi connectivity index (χ4v) is 14.0. The van der Waals surface area contributed by atoms with Crippen LogP contribution in [0.3, 0.4) is 0 Å². The number of benzene rings is 10. The van der Waals surface area contributed by atoms with E-state index in [9.17, 15) is 0 Å². The van der Waals surface area contributed by atoms with E-state index in [1.807, 2.05) is 0 Å². The average molecular weight is 1110 g/mol. The zero-order valence-electron chi connectivity index (χ0n) is 53.7. The Kier molecular flexibility index (Phi) is 15.9. The molecule has 0 fully saturated rings. The number of hydrogen-bond donors (Lipinski definition) is 0. The summed E-state index contributed by atoms with van der Waals surface area (Å²) < 4.78 is 0. The van der Waals surface area contributed by atoms with E-state index in [0.29, 0.717) is 5.92 Å². The van der Waals surface area contributed by atoms with E-state index in [1.165, 1.54) is 134 Å². The molecule has 0 amide bonds. The van der Waals surface area contributed by atoms with Crippen molar-refractivity contribution in [2.24, 2.45) is 5.41 Å². The van der Waals surface area contributed by atoms with Gasteiger partial charge in [-0.3, -0.25) is 0 Å². The maximum absolute atomic E-state index is 2.38. The highest BCUT2D eigenvalue weighted by Crippen LogP contribution is 2.52. The summed E-state index contributed by atoms with van der Waals surface area (Å²) in [4.78, 5) is 0. The molecular weight excluding hydrogens is 1020 g/mol. The average Bonchev–Trinajstić information content (AvgIpc) is 2.07. The normalized spacial score (nSPS) is 13.6. The molecule has 0 atom stereocenters. The van der Waals surface area contributed by atoms with Crippen molar-refractivity contribution < 1.29 is 0 Å². The second-order valence-corrected chi connectivity index (χ2v) is 29.7. The topological polar surface area (TPSA) is 0 Å². The minimum Gasteiger partial charge on any atom is -0.0619 e. The van der Waals surface area contributed by atoms with Gasteiger partial charge in [-0.25, -0.2) is 0 Å². The molecule has 85 heavy (non-hydrogen) atoms. The fraction of sp³-hybridized carbons (Fsp3) is 0.294. The van der Waals surface area contributed by atoms with Crippen molar-refractivity contribution in [1.29, 1.82) is 0 Å². The summed E-state index contributed by atoms with van der Waals surface area (Å²) in [6.45, 7) is 34.4. The van der Waals surface area contributed by atoms with Crippen molar-refractivity contribution in [2.45, 2.75) is 157 Å². The molecule has 0 unspecified atom stereocenters. The van der Waals surface area contributed by atoms with Crippen LogP contribution in [0.15, 0.2) is 218 Å². The lowest BCUT2D eigenvalue weighted by Crippen LogP contribution is -2.17. The minimum absolute atomic E-state index is 0.211. The van der Waals surface area contributed by atoms with Crippen LogP contribution < -0.4 is 0 Å². The van der Waals surface area contributed by atoms with Crippen LogP contribution in [0.5, 0.6) is 0 Å². The SMILES string of the molecule is CC(C)(C)C1c2ccccc2-c2ccccc21.CC(C)(C)c1ccc2c(c1)-c1ccccc1C2.CC(C)(C)c1ccc2c(c1)Cc1ccccc1-2.CC(C)(C)c1cccc2c1-c1ccccc1C2.CC(C)(C)c1cccc2c1Cc1ccccc1-2. The van der Waals surface area contributed by atoms with Gasteiger partial charge in [0.25, 0.3) is 0 Å². The highest BCUT2D eigenvalue weighted by atomic mass is 14.4. The van der Waals surface area contributed by atoms with Crippen LogP contribution in [0.1, 0.15) is 188 Å². The van der Waals surface area contributed by atoms with Gasteiger partial charge in [0, 0.05) is 5.92 Å². The van der Waals surface area contributed by atoms with Crippen molar-refractivity contribution in [2.75, 3.05) is 0 Å². The molecule has 0 aliphatic heterocycles. The van der Waals surface area contributed by atoms with Crippen LogP contribution in [0.4, 0.5) is 0 Å². The maximum atomic E-state index is 2.38. The van der Waals surface area contributed by atoms with Crippen LogP contribution in [-0.4, -0.2) is 0 Å². The third kappa shape index (κ3) is 12.1. The molecule has 430 valence electrons. The van der Waals surface area contributed by atoms with Crippen molar-refractivity contribution in [3.63, 3.8) is 0 Å². The lowest BCUT2D eigenvalue weighted by atomic mass is 9.75. The van der Waals surface area contributed by atoms with Gasteiger partial charge in [-0.2, -0.15) is 0 Å². The Morgan fingerprint density at radius 3 is 1.15 bits per heavy atom. The van der Waals surface area contributed by atoms with Crippen molar-refractivity contribution >= 4 is 0 Å². The molecule has 5 aliphatic carbocycles. The summed E-state index contributed by atoms with van der Waals surface area (Å²) >= 11 is 0. The van der Waals surface area contributed by atoms with Gasteiger partial charge in [0.1, 0.15) is 0 Å². The number of rotatable bonds is 0. The standard InChI is InChI=1S/5C17H18/c1-17(2,3)16-14-10-6-4-8-12(14)13-9-5-7-11-15(13)16;1-17(2,3)15-10-6-8-13-11-12-7-4-5-9-14(12)16(13)15;1-17(2,3)16-10-6-9-14-13-8-5-4-7-12(13)11-15(14)16;1-17(2,3)14-8-9-16-13(11-14)10-12-6-4-5-7-15(12)16;1-17(2,3)14-9-8-13-10-12-6-4-5-7-15(12)16(13)11-14/h4-11,16H,1-3H3;2*4-10H,11H2,1-3H3;2*4-9,11H,10H2,1-3H3. The summed E-state index contributed by atoms with van der Waals surface area (Å²) in [7, 11) is 0. The molecule has 0 N–H and O–H groups in total. The first-order valence-electron chi connectivity index (χ1n) is 31.4. The van der Waals surface area contributed by atoms with Crippen LogP contribution in [0.2, 0.25) is 0 Å². The predicted octanol–water partition coefficient (Wildman–Crippen LogP) is 23.1. The van der Waals surface area contributed by atoms with Crippen LogP contribution in [-0.2, 0) is 47.3 Å². The van der Waals surface area contributed by atoms with Crippen molar-refractivity contribution in [3.8, 4) is 55.6 Å². The molecule has 5 aliphatic rings. The van der Waals surface area contributed by atoms with E-state index in [4.69, 9.17) is 0 Å². The van der Waals surface area contributed by atoms with E-state index in [0.717, 1.165) is 25.7 Å². The Hall–Kier alpha value is -7.80. The largest absolute Gasteiger partial charge is 0.0619 e. The second-order valence-electron chi connectivity index (χ2n) is 29.7. The summed E-state index contributed by atoms with van der Waals surface area (Å²) in [6.07, 6.45) is 4.37. The molecule has 10 aromatic rings. The molecule has 0 saturated heterocycles. The molecule has 10 aromatic carbocycles. The van der Waals surface area contributed by atoms with Crippen molar-refractivity contribution in [1.82, 2.24) is 0 Å². The Morgan fingerprint density at radius 1 is 0.247 bits per heavy atom. The summed E-state index contributed by atoms with van der Waals surface area (Å²) in [5.74, 6) is 0.523. The molecule has 0 bridgehead atoms. The van der Waals surface area contributed by atoms with Crippen LogP contribution >= 0.6 is 0 Å². The highest BCUT2D eigenvalue weighted by Gasteiger charge is 2.36. The maximum Gasteiger partial charge on any atom is 0.0150 e. The first-order valence-corrected chi connectivity index (χ1v) is 31.4. The van der Waals surface area contributed by atoms with Gasteiger partial charge in [0.2, 0.25) is 0 Å². The van der Waals surface area contributed by atoms with Crippen molar-refractivity contribution in [3.05, 3.63) is 296 Å². The van der Waals surface area contributed by atoms with Gasteiger partial charge < -0.3 is 0 Å². The predicted molar refractivity (Wildman–Crippen MR) is 367 cm³/mol. The molecule has 0 spiro atoms. The second kappa shape index (κ2) is 22.9. The quantitative estimate of drug-likeness (QED) is 0.142. The Bertz CT molecular complexity index is 4020. The molecule has 0 radical (unpaired) electrons. The Labute approximate surface area is 511 Å². The van der Waals surface area contributed by atoms with E-state index in [2.05, 4.69) is 322 Å². The van der Waals surface area contributed by atoms with E-state index in [1.54, 1.807) is 0 Å². The van der Waals surface area contributed by atoms with Gasteiger partial charge in [-0.1, -0.05) is 322 Å². The highest BCUT2D eigenvalue weighted by molar-refractivity contribution is 5.82. The third-order valence-electron chi connectivity index (χ3n) is 18.3. The number of fused-ring (bicyclic) bond motifs is 15. The summed E-state index contributed by atoms with van der Waals surface area (Å²) in [5.41, 5.74) is 36.1. The molecule has 0 nitrogen and oxygen atoms in total. The summed E-state index contributed by atoms with van der Waals surface area (Å²) in [5, 5.41) is 0. The van der Waals surface area contributed by atoms with Gasteiger partial charge in [-0.05, 0) is 186 Å². The lowest BCUT2D eigenvalue weighted by molar-refractivity contribution is 0.363. The van der Waals surface area contributed by atoms with Crippen LogP contribution in [0, 0.1) is 5.41 Å². The molecule has 0 saturated carbocycles. The molecule has 0 heterocycles. The summed E-state index contributed by atoms with van der Waals surface area (Å²) in [6, 6.07) is 80.1. The molecular formula is C85H90. The van der Waals surface area contributed by atoms with Gasteiger partial charge in [-0.15, -0.1) is 0 Å². The first kappa shape index (κ1) is 59.0. The van der Waals surface area contributed by atoms with Gasteiger partial charge in [0.05, 0.1) is 0 Å². The smallest absolute Gasteiger partial charge is 0.0150 e. The fourth-order valence-electron chi connectivity index (χ4n) is 14.0. The zero-order valence-corrected chi connectivity index (χ0v) is 53.7. The first-order chi connectivity index (χ1) is 40.3. The molecule has 15 rings (SSSR count). The van der Waals surface area contributed by atoms with Crippen LogP contribution in [0.25, 0.3) is 55.6 Å². The van der Waals surface area contributed by atoms with E-state index < -0.39 is 0 Å². The molecule has 0 heteroatoms. The Balaban J connectivity index is 0.000000111. The monoisotopic (exact) mass is 1110 g/mol. The zero-order chi connectivity index (χ0) is 60.2. The third-order valence-corrected chi connectivity index (χ3v) is 18.3. The molecule has 0 aromatic heterocycles. The van der Waals surface area contributed by atoms with Gasteiger partial charge in [0.15, 0.2) is 0 Å². The number of hydrogen-bond acceptors (Lipinski definition) is 0. The minimum atomic E-state index is 0.211. The lowest BCUT2D eigenvalue weighted by Gasteiger charge is -2.29. The van der Waals surface area contributed by atoms with Gasteiger partial charge >= 0.3 is 0 Å². The Morgan fingerprint density at radius 2 is 0.612 bits per heavy atom.